The van der Waals surface area contributed by atoms with Crippen molar-refractivity contribution in [1.29, 1.82) is 0 Å². The molecule has 1 heterocycles. The van der Waals surface area contributed by atoms with E-state index < -0.39 is 0 Å². The Morgan fingerprint density at radius 3 is 2.44 bits per heavy atom. The second kappa shape index (κ2) is 6.27. The Balaban J connectivity index is 2.10. The van der Waals surface area contributed by atoms with Gasteiger partial charge in [0.2, 0.25) is 0 Å². The molecule has 0 radical (unpaired) electrons. The van der Waals surface area contributed by atoms with Crippen LogP contribution in [-0.4, -0.2) is 12.8 Å². The van der Waals surface area contributed by atoms with Gasteiger partial charge in [0.25, 0.3) is 0 Å². The highest BCUT2D eigenvalue weighted by Gasteiger charge is 2.13. The van der Waals surface area contributed by atoms with Crippen molar-refractivity contribution in [3.05, 3.63) is 46.2 Å². The lowest BCUT2D eigenvalue weighted by Gasteiger charge is -2.16. The van der Waals surface area contributed by atoms with Crippen LogP contribution in [0.3, 0.4) is 0 Å². The van der Waals surface area contributed by atoms with E-state index >= 15 is 0 Å². The third-order valence-electron chi connectivity index (χ3n) is 2.63. The van der Waals surface area contributed by atoms with Crippen LogP contribution >= 0.6 is 23.1 Å². The zero-order chi connectivity index (χ0) is 13.0. The van der Waals surface area contributed by atoms with E-state index in [1.165, 1.54) is 14.6 Å². The highest BCUT2D eigenvalue weighted by Crippen LogP contribution is 2.28. The Bertz CT molecular complexity index is 493. The second-order valence-corrected chi connectivity index (χ2v) is 6.17. The summed E-state index contributed by atoms with van der Waals surface area (Å²) in [7, 11) is 0. The fourth-order valence-electron chi connectivity index (χ4n) is 1.67. The van der Waals surface area contributed by atoms with Gasteiger partial charge >= 0.3 is 0 Å². The maximum Gasteiger partial charge on any atom is 0.145 e. The Morgan fingerprint density at radius 2 is 1.94 bits per heavy atom. The first kappa shape index (κ1) is 13.5. The quantitative estimate of drug-likeness (QED) is 0.844. The molecule has 2 N–H and O–H groups in total. The molecule has 0 aliphatic rings. The molecule has 0 saturated heterocycles. The first-order valence-electron chi connectivity index (χ1n) is 5.80. The van der Waals surface area contributed by atoms with Crippen molar-refractivity contribution in [2.24, 2.45) is 5.73 Å². The lowest BCUT2D eigenvalue weighted by molar-refractivity contribution is 0.218. The van der Waals surface area contributed by atoms with Crippen LogP contribution in [0.25, 0.3) is 0 Å². The maximum atomic E-state index is 5.94. The molecular weight excluding hydrogens is 262 g/mol. The minimum Gasteiger partial charge on any atom is -0.484 e. The molecular formula is C14H17NOS2. The highest BCUT2D eigenvalue weighted by atomic mass is 32.2. The topological polar surface area (TPSA) is 35.2 Å². The summed E-state index contributed by atoms with van der Waals surface area (Å²) < 4.78 is 5.94. The molecule has 0 aliphatic carbocycles. The van der Waals surface area contributed by atoms with Crippen molar-refractivity contribution in [3.8, 4) is 5.75 Å². The van der Waals surface area contributed by atoms with E-state index in [9.17, 15) is 0 Å². The first-order valence-corrected chi connectivity index (χ1v) is 7.84. The molecule has 1 aromatic carbocycles. The van der Waals surface area contributed by atoms with E-state index in [0.29, 0.717) is 6.54 Å². The molecule has 0 amide bonds. The van der Waals surface area contributed by atoms with Crippen LogP contribution in [0.5, 0.6) is 5.75 Å². The van der Waals surface area contributed by atoms with Gasteiger partial charge in [0.1, 0.15) is 11.9 Å². The third-order valence-corrected chi connectivity index (χ3v) is 4.47. The third kappa shape index (κ3) is 3.28. The van der Waals surface area contributed by atoms with Gasteiger partial charge in [-0.15, -0.1) is 23.1 Å². The molecule has 1 atom stereocenters. The molecule has 0 bridgehead atoms. The van der Waals surface area contributed by atoms with Crippen molar-refractivity contribution >= 4 is 23.1 Å². The van der Waals surface area contributed by atoms with Crippen LogP contribution in [0, 0.1) is 6.92 Å². The number of aryl methyl sites for hydroxylation is 1. The number of nitrogens with two attached hydrogens (primary N) is 1. The summed E-state index contributed by atoms with van der Waals surface area (Å²) in [6.45, 7) is 2.58. The van der Waals surface area contributed by atoms with Crippen LogP contribution in [0.1, 0.15) is 15.9 Å². The minimum absolute atomic E-state index is 0.0520. The number of hydrogen-bond acceptors (Lipinski definition) is 4. The molecule has 1 unspecified atom stereocenters. The van der Waals surface area contributed by atoms with E-state index in [-0.39, 0.29) is 6.10 Å². The first-order chi connectivity index (χ1) is 8.72. The van der Waals surface area contributed by atoms with Gasteiger partial charge in [-0.05, 0) is 49.6 Å². The van der Waals surface area contributed by atoms with Crippen LogP contribution < -0.4 is 10.5 Å². The van der Waals surface area contributed by atoms with Crippen molar-refractivity contribution in [1.82, 2.24) is 0 Å². The van der Waals surface area contributed by atoms with Crippen LogP contribution in [0.4, 0.5) is 0 Å². The molecule has 18 heavy (non-hydrogen) atoms. The lowest BCUT2D eigenvalue weighted by Crippen LogP contribution is -2.17. The van der Waals surface area contributed by atoms with E-state index in [1.54, 1.807) is 23.1 Å². The van der Waals surface area contributed by atoms with Gasteiger partial charge in [-0.25, -0.2) is 0 Å². The summed E-state index contributed by atoms with van der Waals surface area (Å²) in [6, 6.07) is 12.3. The number of rotatable bonds is 5. The van der Waals surface area contributed by atoms with Gasteiger partial charge in [0, 0.05) is 21.2 Å². The van der Waals surface area contributed by atoms with E-state index in [0.717, 1.165) is 5.75 Å². The maximum absolute atomic E-state index is 5.94. The summed E-state index contributed by atoms with van der Waals surface area (Å²) in [6.07, 6.45) is 2.01. The van der Waals surface area contributed by atoms with Crippen LogP contribution in [0.15, 0.2) is 41.3 Å². The molecule has 2 nitrogen and oxygen atoms in total. The Morgan fingerprint density at radius 1 is 1.22 bits per heavy atom. The van der Waals surface area contributed by atoms with Crippen molar-refractivity contribution in [3.63, 3.8) is 0 Å². The van der Waals surface area contributed by atoms with Gasteiger partial charge < -0.3 is 10.5 Å². The van der Waals surface area contributed by atoms with Gasteiger partial charge in [-0.3, -0.25) is 0 Å². The molecule has 2 rings (SSSR count). The largest absolute Gasteiger partial charge is 0.484 e. The number of ether oxygens (including phenoxy) is 1. The van der Waals surface area contributed by atoms with E-state index in [1.807, 2.05) is 12.1 Å². The summed E-state index contributed by atoms with van der Waals surface area (Å²) in [5.41, 5.74) is 5.80. The summed E-state index contributed by atoms with van der Waals surface area (Å²) in [5, 5.41) is 0. The van der Waals surface area contributed by atoms with E-state index in [2.05, 4.69) is 37.4 Å². The standard InChI is InChI=1S/C14H17NOS2/c1-10-3-8-14(18-10)13(9-15)16-11-4-6-12(17-2)7-5-11/h3-8,13H,9,15H2,1-2H3. The summed E-state index contributed by atoms with van der Waals surface area (Å²) in [5.74, 6) is 0.870. The van der Waals surface area contributed by atoms with Crippen molar-refractivity contribution in [2.75, 3.05) is 12.8 Å². The number of thioether (sulfide) groups is 1. The smallest absolute Gasteiger partial charge is 0.145 e. The molecule has 0 fully saturated rings. The fourth-order valence-corrected chi connectivity index (χ4v) is 3.00. The van der Waals surface area contributed by atoms with Gasteiger partial charge in [-0.2, -0.15) is 0 Å². The van der Waals surface area contributed by atoms with Gasteiger partial charge in [0.15, 0.2) is 0 Å². The molecule has 0 spiro atoms. The van der Waals surface area contributed by atoms with Crippen molar-refractivity contribution in [2.45, 2.75) is 17.9 Å². The average molecular weight is 279 g/mol. The van der Waals surface area contributed by atoms with Crippen LogP contribution in [0.2, 0.25) is 0 Å². The SMILES string of the molecule is CSc1ccc(OC(CN)c2ccc(C)s2)cc1. The monoisotopic (exact) mass is 279 g/mol. The zero-order valence-electron chi connectivity index (χ0n) is 10.6. The molecule has 0 saturated carbocycles. The van der Waals surface area contributed by atoms with Crippen LogP contribution in [-0.2, 0) is 0 Å². The Kier molecular flexibility index (Phi) is 4.69. The normalized spacial score (nSPS) is 12.4. The minimum atomic E-state index is -0.0520. The Labute approximate surface area is 116 Å². The number of benzene rings is 1. The molecule has 4 heteroatoms. The summed E-state index contributed by atoms with van der Waals surface area (Å²) >= 11 is 3.46. The molecule has 1 aromatic heterocycles. The Hall–Kier alpha value is -0.970. The zero-order valence-corrected chi connectivity index (χ0v) is 12.2. The average Bonchev–Trinajstić information content (AvgIpc) is 2.83. The number of thiophene rings is 1. The van der Waals surface area contributed by atoms with Gasteiger partial charge in [0.05, 0.1) is 0 Å². The summed E-state index contributed by atoms with van der Waals surface area (Å²) in [4.78, 5) is 3.70. The molecule has 96 valence electrons. The molecule has 2 aromatic rings. The lowest BCUT2D eigenvalue weighted by atomic mass is 10.2. The van der Waals surface area contributed by atoms with E-state index in [4.69, 9.17) is 10.5 Å². The highest BCUT2D eigenvalue weighted by molar-refractivity contribution is 7.98. The van der Waals surface area contributed by atoms with Gasteiger partial charge in [-0.1, -0.05) is 0 Å². The predicted octanol–water partition coefficient (Wildman–Crippen LogP) is 3.86. The fraction of sp³-hybridized carbons (Fsp3) is 0.286. The number of hydrogen-bond donors (Lipinski definition) is 1. The predicted molar refractivity (Wildman–Crippen MR) is 79.7 cm³/mol. The van der Waals surface area contributed by atoms with Crippen molar-refractivity contribution < 1.29 is 4.74 Å². The molecule has 0 aliphatic heterocycles. The second-order valence-electron chi connectivity index (χ2n) is 3.97.